The zero-order valence-electron chi connectivity index (χ0n) is 14.9. The molecule has 8 nitrogen and oxygen atoms in total. The third-order valence-electron chi connectivity index (χ3n) is 5.25. The van der Waals surface area contributed by atoms with E-state index in [0.717, 1.165) is 44.5 Å². The van der Waals surface area contributed by atoms with Gasteiger partial charge in [0.05, 0.1) is 36.8 Å². The number of nitrogens with zero attached hydrogens (tertiary/aromatic N) is 3. The Kier molecular flexibility index (Phi) is 5.02. The molecule has 1 amide bonds. The lowest BCUT2D eigenvalue weighted by Gasteiger charge is -2.27. The van der Waals surface area contributed by atoms with Crippen LogP contribution in [0, 0.1) is 5.92 Å². The van der Waals surface area contributed by atoms with E-state index in [9.17, 15) is 13.2 Å². The summed E-state index contributed by atoms with van der Waals surface area (Å²) in [6.45, 7) is 3.45. The summed E-state index contributed by atoms with van der Waals surface area (Å²) in [7, 11) is -3.40. The van der Waals surface area contributed by atoms with E-state index in [-0.39, 0.29) is 28.8 Å². The molecule has 0 bridgehead atoms. The van der Waals surface area contributed by atoms with Gasteiger partial charge in [-0.3, -0.25) is 9.69 Å². The van der Waals surface area contributed by atoms with Gasteiger partial charge in [0.25, 0.3) is 0 Å². The molecule has 144 valence electrons. The van der Waals surface area contributed by atoms with Crippen LogP contribution in [0.2, 0.25) is 0 Å². The van der Waals surface area contributed by atoms with Crippen molar-refractivity contribution in [3.63, 3.8) is 0 Å². The number of rotatable bonds is 7. The first-order chi connectivity index (χ1) is 12.5. The monoisotopic (exact) mass is 382 g/mol. The SMILES string of the molecule is O=C1CN(Cc2cnc(S(=O)(=O)CC3CC3)n2CC2CCCO2)CCN1. The Balaban J connectivity index is 1.58. The zero-order chi connectivity index (χ0) is 18.1. The zero-order valence-corrected chi connectivity index (χ0v) is 15.7. The molecule has 0 aromatic carbocycles. The highest BCUT2D eigenvalue weighted by atomic mass is 32.2. The number of aromatic nitrogens is 2. The normalized spacial score (nSPS) is 24.8. The van der Waals surface area contributed by atoms with Crippen molar-refractivity contribution < 1.29 is 17.9 Å². The van der Waals surface area contributed by atoms with Crippen molar-refractivity contribution in [3.05, 3.63) is 11.9 Å². The summed E-state index contributed by atoms with van der Waals surface area (Å²) in [5, 5.41) is 2.97. The molecule has 1 aromatic rings. The summed E-state index contributed by atoms with van der Waals surface area (Å²) < 4.78 is 33.2. The van der Waals surface area contributed by atoms with E-state index < -0.39 is 9.84 Å². The maximum Gasteiger partial charge on any atom is 0.234 e. The van der Waals surface area contributed by atoms with Crippen molar-refractivity contribution in [1.82, 2.24) is 19.8 Å². The van der Waals surface area contributed by atoms with Crippen molar-refractivity contribution in [2.45, 2.75) is 50.0 Å². The fourth-order valence-electron chi connectivity index (χ4n) is 3.68. The van der Waals surface area contributed by atoms with Crippen molar-refractivity contribution in [3.8, 4) is 0 Å². The second-order valence-electron chi connectivity index (χ2n) is 7.56. The second-order valence-corrected chi connectivity index (χ2v) is 9.49. The lowest BCUT2D eigenvalue weighted by Crippen LogP contribution is -2.47. The van der Waals surface area contributed by atoms with Crippen LogP contribution < -0.4 is 5.32 Å². The number of hydrogen-bond acceptors (Lipinski definition) is 6. The van der Waals surface area contributed by atoms with E-state index in [1.807, 2.05) is 9.47 Å². The van der Waals surface area contributed by atoms with Gasteiger partial charge in [0.1, 0.15) is 0 Å². The van der Waals surface area contributed by atoms with E-state index in [1.165, 1.54) is 0 Å². The van der Waals surface area contributed by atoms with Crippen LogP contribution in [-0.4, -0.2) is 66.9 Å². The number of carbonyl (C=O) groups is 1. The minimum Gasteiger partial charge on any atom is -0.376 e. The van der Waals surface area contributed by atoms with Crippen LogP contribution in [-0.2, 0) is 32.5 Å². The number of piperazine rings is 1. The molecule has 1 aromatic heterocycles. The molecule has 3 heterocycles. The van der Waals surface area contributed by atoms with E-state index in [4.69, 9.17) is 4.74 Å². The average Bonchev–Trinajstić information content (AvgIpc) is 3.07. The Hall–Kier alpha value is -1.45. The number of hydrogen-bond donors (Lipinski definition) is 1. The van der Waals surface area contributed by atoms with Gasteiger partial charge in [0.2, 0.25) is 20.9 Å². The van der Waals surface area contributed by atoms with E-state index >= 15 is 0 Å². The van der Waals surface area contributed by atoms with Crippen LogP contribution in [0.5, 0.6) is 0 Å². The lowest BCUT2D eigenvalue weighted by atomic mass is 10.2. The number of amides is 1. The van der Waals surface area contributed by atoms with Gasteiger partial charge >= 0.3 is 0 Å². The van der Waals surface area contributed by atoms with Crippen molar-refractivity contribution in [1.29, 1.82) is 0 Å². The maximum absolute atomic E-state index is 12.8. The van der Waals surface area contributed by atoms with E-state index in [1.54, 1.807) is 6.20 Å². The quantitative estimate of drug-likeness (QED) is 0.723. The number of carbonyl (C=O) groups excluding carboxylic acids is 1. The Labute approximate surface area is 153 Å². The van der Waals surface area contributed by atoms with E-state index in [0.29, 0.717) is 26.2 Å². The molecule has 3 fully saturated rings. The molecule has 26 heavy (non-hydrogen) atoms. The highest BCUT2D eigenvalue weighted by molar-refractivity contribution is 7.91. The first-order valence-electron chi connectivity index (χ1n) is 9.39. The fraction of sp³-hybridized carbons (Fsp3) is 0.765. The number of imidazole rings is 1. The molecule has 1 aliphatic carbocycles. The van der Waals surface area contributed by atoms with Crippen LogP contribution in [0.3, 0.4) is 0 Å². The Morgan fingerprint density at radius 3 is 2.85 bits per heavy atom. The topological polar surface area (TPSA) is 93.5 Å². The summed E-state index contributed by atoms with van der Waals surface area (Å²) in [6.07, 6.45) is 5.60. The van der Waals surface area contributed by atoms with Crippen LogP contribution in [0.4, 0.5) is 0 Å². The smallest absolute Gasteiger partial charge is 0.234 e. The van der Waals surface area contributed by atoms with Crippen LogP contribution in [0.25, 0.3) is 0 Å². The van der Waals surface area contributed by atoms with Gasteiger partial charge in [0.15, 0.2) is 0 Å². The third-order valence-corrected chi connectivity index (χ3v) is 7.04. The maximum atomic E-state index is 12.8. The molecule has 2 aliphatic heterocycles. The highest BCUT2D eigenvalue weighted by Crippen LogP contribution is 2.32. The van der Waals surface area contributed by atoms with Crippen LogP contribution in [0.1, 0.15) is 31.4 Å². The summed E-state index contributed by atoms with van der Waals surface area (Å²) in [6, 6.07) is 0. The Morgan fingerprint density at radius 2 is 2.15 bits per heavy atom. The summed E-state index contributed by atoms with van der Waals surface area (Å²) in [5.74, 6) is 0.464. The molecule has 0 radical (unpaired) electrons. The van der Waals surface area contributed by atoms with Crippen LogP contribution in [0.15, 0.2) is 11.4 Å². The van der Waals surface area contributed by atoms with E-state index in [2.05, 4.69) is 10.3 Å². The minimum absolute atomic E-state index is 0.00280. The first kappa shape index (κ1) is 17.9. The average molecular weight is 382 g/mol. The third kappa shape index (κ3) is 4.10. The number of ether oxygens (including phenoxy) is 1. The number of nitrogens with one attached hydrogen (secondary N) is 1. The van der Waals surface area contributed by atoms with Gasteiger partial charge in [-0.25, -0.2) is 13.4 Å². The molecular formula is C17H26N4O4S. The molecule has 4 rings (SSSR count). The summed E-state index contributed by atoms with van der Waals surface area (Å²) in [4.78, 5) is 17.9. The largest absolute Gasteiger partial charge is 0.376 e. The van der Waals surface area contributed by atoms with Gasteiger partial charge in [-0.2, -0.15) is 0 Å². The van der Waals surface area contributed by atoms with Gasteiger partial charge in [-0.1, -0.05) is 0 Å². The Morgan fingerprint density at radius 1 is 1.31 bits per heavy atom. The van der Waals surface area contributed by atoms with Gasteiger partial charge in [-0.15, -0.1) is 0 Å². The van der Waals surface area contributed by atoms with Crippen molar-refractivity contribution >= 4 is 15.7 Å². The predicted octanol–water partition coefficient (Wildman–Crippen LogP) is 0.178. The number of sulfone groups is 1. The summed E-state index contributed by atoms with van der Waals surface area (Å²) in [5.41, 5.74) is 0.838. The molecule has 1 unspecified atom stereocenters. The molecule has 2 saturated heterocycles. The van der Waals surface area contributed by atoms with Crippen molar-refractivity contribution in [2.75, 3.05) is 32.0 Å². The Bertz CT molecular complexity index is 766. The van der Waals surface area contributed by atoms with Gasteiger partial charge in [-0.05, 0) is 31.6 Å². The lowest BCUT2D eigenvalue weighted by molar-refractivity contribution is -0.124. The predicted molar refractivity (Wildman–Crippen MR) is 94.3 cm³/mol. The fourth-order valence-corrected chi connectivity index (χ4v) is 5.52. The van der Waals surface area contributed by atoms with Crippen LogP contribution >= 0.6 is 0 Å². The molecule has 3 aliphatic rings. The summed E-state index contributed by atoms with van der Waals surface area (Å²) >= 11 is 0. The standard InChI is InChI=1S/C17H26N4O4S/c22-16-11-20(6-5-18-16)9-14-8-19-17(26(23,24)12-13-3-4-13)21(14)10-15-2-1-7-25-15/h8,13,15H,1-7,9-12H2,(H,18,22). The molecule has 1 saturated carbocycles. The molecule has 0 spiro atoms. The second kappa shape index (κ2) is 7.28. The highest BCUT2D eigenvalue weighted by Gasteiger charge is 2.33. The van der Waals surface area contributed by atoms with Gasteiger partial charge in [0, 0.05) is 26.2 Å². The van der Waals surface area contributed by atoms with Gasteiger partial charge < -0.3 is 14.6 Å². The first-order valence-corrected chi connectivity index (χ1v) is 11.0. The van der Waals surface area contributed by atoms with Crippen molar-refractivity contribution in [2.24, 2.45) is 5.92 Å². The molecule has 1 atom stereocenters. The molecule has 1 N–H and O–H groups in total. The minimum atomic E-state index is -3.40. The molecular weight excluding hydrogens is 356 g/mol. The molecule has 9 heteroatoms.